The van der Waals surface area contributed by atoms with Gasteiger partial charge in [-0.1, -0.05) is 27.5 Å². The highest BCUT2D eigenvalue weighted by Gasteiger charge is 2.00. The molecule has 0 spiro atoms. The van der Waals surface area contributed by atoms with Crippen LogP contribution in [0.25, 0.3) is 0 Å². The third-order valence-electron chi connectivity index (χ3n) is 1.63. The summed E-state index contributed by atoms with van der Waals surface area (Å²) < 4.78 is 11.8. The number of anilines is 1. The van der Waals surface area contributed by atoms with Gasteiger partial charge in [0.2, 0.25) is 0 Å². The van der Waals surface area contributed by atoms with Crippen LogP contribution in [0.2, 0.25) is 5.02 Å². The van der Waals surface area contributed by atoms with Crippen molar-refractivity contribution in [1.82, 2.24) is 0 Å². The van der Waals surface area contributed by atoms with Crippen molar-refractivity contribution < 1.29 is 4.21 Å². The van der Waals surface area contributed by atoms with Crippen molar-refractivity contribution in [2.24, 2.45) is 0 Å². The van der Waals surface area contributed by atoms with Gasteiger partial charge in [0.15, 0.2) is 0 Å². The highest BCUT2D eigenvalue weighted by atomic mass is 79.9. The summed E-state index contributed by atoms with van der Waals surface area (Å²) in [5, 5.41) is 3.81. The van der Waals surface area contributed by atoms with E-state index in [2.05, 4.69) is 21.2 Å². The summed E-state index contributed by atoms with van der Waals surface area (Å²) in [4.78, 5) is 0. The van der Waals surface area contributed by atoms with E-state index in [0.717, 1.165) is 10.2 Å². The van der Waals surface area contributed by atoms with Gasteiger partial charge in [0, 0.05) is 33.8 Å². The first-order valence-electron chi connectivity index (χ1n) is 4.08. The second-order valence-corrected chi connectivity index (χ2v) is 5.71. The van der Waals surface area contributed by atoms with Gasteiger partial charge in [-0.05, 0) is 18.2 Å². The first-order valence-corrected chi connectivity index (χ1v) is 6.98. The lowest BCUT2D eigenvalue weighted by atomic mass is 10.3. The maximum absolute atomic E-state index is 10.8. The van der Waals surface area contributed by atoms with Crippen LogP contribution in [0.3, 0.4) is 0 Å². The Kier molecular flexibility index (Phi) is 4.92. The molecule has 2 nitrogen and oxygen atoms in total. The van der Waals surface area contributed by atoms with E-state index < -0.39 is 10.8 Å². The Labute approximate surface area is 99.6 Å². The van der Waals surface area contributed by atoms with Crippen LogP contribution in [-0.4, -0.2) is 22.8 Å². The van der Waals surface area contributed by atoms with E-state index in [1.165, 1.54) is 0 Å². The Bertz CT molecular complexity index is 346. The fourth-order valence-corrected chi connectivity index (χ4v) is 1.90. The van der Waals surface area contributed by atoms with Gasteiger partial charge in [0.25, 0.3) is 0 Å². The van der Waals surface area contributed by atoms with E-state index in [4.69, 9.17) is 11.6 Å². The van der Waals surface area contributed by atoms with Crippen LogP contribution in [0.1, 0.15) is 0 Å². The van der Waals surface area contributed by atoms with Gasteiger partial charge in [-0.25, -0.2) is 0 Å². The van der Waals surface area contributed by atoms with Crippen LogP contribution in [0.15, 0.2) is 22.7 Å². The van der Waals surface area contributed by atoms with Gasteiger partial charge in [0.1, 0.15) is 0 Å². The molecule has 78 valence electrons. The van der Waals surface area contributed by atoms with Gasteiger partial charge in [-0.3, -0.25) is 4.21 Å². The Morgan fingerprint density at radius 3 is 2.93 bits per heavy atom. The van der Waals surface area contributed by atoms with E-state index in [0.29, 0.717) is 17.3 Å². The Balaban J connectivity index is 2.57. The average molecular weight is 297 g/mol. The zero-order valence-corrected chi connectivity index (χ0v) is 10.9. The quantitative estimate of drug-likeness (QED) is 0.925. The number of hydrogen-bond acceptors (Lipinski definition) is 2. The van der Waals surface area contributed by atoms with E-state index >= 15 is 0 Å². The average Bonchev–Trinajstić information content (AvgIpc) is 2.10. The van der Waals surface area contributed by atoms with Crippen LogP contribution >= 0.6 is 27.5 Å². The molecule has 1 rings (SSSR count). The van der Waals surface area contributed by atoms with Gasteiger partial charge in [-0.2, -0.15) is 0 Å². The molecule has 0 aliphatic heterocycles. The molecule has 1 aromatic rings. The highest BCUT2D eigenvalue weighted by molar-refractivity contribution is 9.10. The molecule has 5 heteroatoms. The third kappa shape index (κ3) is 3.98. The molecule has 1 aromatic carbocycles. The standard InChI is InChI=1S/C9H11BrClNOS/c1-14(13)5-4-12-9-6-7(10)2-3-8(9)11/h2-3,6,12H,4-5H2,1H3. The van der Waals surface area contributed by atoms with Crippen LogP contribution in [0.4, 0.5) is 5.69 Å². The van der Waals surface area contributed by atoms with E-state index in [1.807, 2.05) is 18.2 Å². The van der Waals surface area contributed by atoms with Crippen molar-refractivity contribution in [3.05, 3.63) is 27.7 Å². The minimum Gasteiger partial charge on any atom is -0.383 e. The minimum atomic E-state index is -0.768. The topological polar surface area (TPSA) is 29.1 Å². The SMILES string of the molecule is CS(=O)CCNc1cc(Br)ccc1Cl. The normalized spacial score (nSPS) is 12.5. The van der Waals surface area contributed by atoms with Crippen molar-refractivity contribution in [1.29, 1.82) is 0 Å². The maximum Gasteiger partial charge on any atom is 0.0638 e. The summed E-state index contributed by atoms with van der Waals surface area (Å²) in [7, 11) is -0.768. The Hall–Kier alpha value is -0.0600. The fraction of sp³-hybridized carbons (Fsp3) is 0.333. The van der Waals surface area contributed by atoms with Gasteiger partial charge in [-0.15, -0.1) is 0 Å². The number of benzene rings is 1. The predicted octanol–water partition coefficient (Wildman–Crippen LogP) is 2.89. The molecule has 0 aromatic heterocycles. The van der Waals surface area contributed by atoms with Crippen molar-refractivity contribution in [2.75, 3.05) is 23.9 Å². The lowest BCUT2D eigenvalue weighted by Crippen LogP contribution is -2.09. The molecular weight excluding hydrogens is 286 g/mol. The molecule has 0 bridgehead atoms. The summed E-state index contributed by atoms with van der Waals surface area (Å²) in [5.41, 5.74) is 0.867. The number of rotatable bonds is 4. The summed E-state index contributed by atoms with van der Waals surface area (Å²) in [6.45, 7) is 0.666. The van der Waals surface area contributed by atoms with Crippen LogP contribution < -0.4 is 5.32 Å². The molecule has 1 unspecified atom stereocenters. The number of hydrogen-bond donors (Lipinski definition) is 1. The van der Waals surface area contributed by atoms with E-state index in [9.17, 15) is 4.21 Å². The monoisotopic (exact) mass is 295 g/mol. The van der Waals surface area contributed by atoms with Crippen molar-refractivity contribution in [3.63, 3.8) is 0 Å². The largest absolute Gasteiger partial charge is 0.383 e. The fourth-order valence-electron chi connectivity index (χ4n) is 0.962. The van der Waals surface area contributed by atoms with Crippen LogP contribution in [-0.2, 0) is 10.8 Å². The molecule has 0 amide bonds. The zero-order valence-electron chi connectivity index (χ0n) is 7.72. The molecule has 0 saturated heterocycles. The molecule has 0 heterocycles. The third-order valence-corrected chi connectivity index (χ3v) is 3.24. The second kappa shape index (κ2) is 5.73. The lowest BCUT2D eigenvalue weighted by molar-refractivity contribution is 0.687. The van der Waals surface area contributed by atoms with Crippen molar-refractivity contribution in [3.8, 4) is 0 Å². The molecule has 0 fully saturated rings. The van der Waals surface area contributed by atoms with E-state index in [1.54, 1.807) is 6.26 Å². The molecule has 0 saturated carbocycles. The van der Waals surface area contributed by atoms with Gasteiger partial charge in [0.05, 0.1) is 10.7 Å². The molecule has 14 heavy (non-hydrogen) atoms. The first kappa shape index (κ1) is 12.0. The Morgan fingerprint density at radius 1 is 1.57 bits per heavy atom. The van der Waals surface area contributed by atoms with Crippen LogP contribution in [0.5, 0.6) is 0 Å². The smallest absolute Gasteiger partial charge is 0.0638 e. The maximum atomic E-state index is 10.8. The molecular formula is C9H11BrClNOS. The Morgan fingerprint density at radius 2 is 2.29 bits per heavy atom. The first-order chi connectivity index (χ1) is 6.59. The second-order valence-electron chi connectivity index (χ2n) is 2.83. The molecule has 1 atom stereocenters. The molecule has 0 radical (unpaired) electrons. The minimum absolute atomic E-state index is 0.628. The lowest BCUT2D eigenvalue weighted by Gasteiger charge is -2.07. The summed E-state index contributed by atoms with van der Waals surface area (Å²) in [6.07, 6.45) is 1.68. The summed E-state index contributed by atoms with van der Waals surface area (Å²) >= 11 is 9.31. The number of nitrogens with one attached hydrogen (secondary N) is 1. The summed E-state index contributed by atoms with van der Waals surface area (Å²) in [6, 6.07) is 5.60. The highest BCUT2D eigenvalue weighted by Crippen LogP contribution is 2.25. The van der Waals surface area contributed by atoms with Crippen molar-refractivity contribution >= 4 is 44.0 Å². The number of halogens is 2. The molecule has 0 aliphatic carbocycles. The van der Waals surface area contributed by atoms with Gasteiger partial charge < -0.3 is 5.32 Å². The summed E-state index contributed by atoms with van der Waals surface area (Å²) in [5.74, 6) is 0.628. The molecule has 1 N–H and O–H groups in total. The van der Waals surface area contributed by atoms with Gasteiger partial charge >= 0.3 is 0 Å². The molecule has 0 aliphatic rings. The van der Waals surface area contributed by atoms with Crippen molar-refractivity contribution in [2.45, 2.75) is 0 Å². The van der Waals surface area contributed by atoms with Crippen LogP contribution in [0, 0.1) is 0 Å². The van der Waals surface area contributed by atoms with E-state index in [-0.39, 0.29) is 0 Å². The zero-order chi connectivity index (χ0) is 10.6. The predicted molar refractivity (Wildman–Crippen MR) is 66.6 cm³/mol.